The lowest BCUT2D eigenvalue weighted by atomic mass is 10.1. The fourth-order valence-electron chi connectivity index (χ4n) is 4.26. The molecule has 2 heterocycles. The van der Waals surface area contributed by atoms with Crippen molar-refractivity contribution in [1.29, 1.82) is 0 Å². The van der Waals surface area contributed by atoms with Crippen LogP contribution in [0.3, 0.4) is 0 Å². The van der Waals surface area contributed by atoms with Gasteiger partial charge in [0.2, 0.25) is 0 Å². The number of anilines is 2. The van der Waals surface area contributed by atoms with Gasteiger partial charge in [-0.2, -0.15) is 13.2 Å². The molecule has 1 aliphatic rings. The molecule has 0 saturated heterocycles. The van der Waals surface area contributed by atoms with Crippen LogP contribution in [0.25, 0.3) is 0 Å². The van der Waals surface area contributed by atoms with Crippen LogP contribution in [0.4, 0.5) is 38.3 Å². The standard InChI is InChI=1S/C29H21F5N4O4/c1-41-18-8-5-16(6-9-18)14-38-15-20-23(11-12-35-26(20)37-28(38)40)42-24-10-7-17(13-22(24)30)36-27(39)19-3-2-4-21(25(19)31)29(32,33)34/h2-13H,14-15H2,1H3,(H,36,39)(H,35,37,40). The van der Waals surface area contributed by atoms with Gasteiger partial charge in [0.15, 0.2) is 11.6 Å². The molecule has 4 aromatic rings. The molecule has 0 bridgehead atoms. The van der Waals surface area contributed by atoms with Crippen LogP contribution in [-0.2, 0) is 19.3 Å². The van der Waals surface area contributed by atoms with Crippen LogP contribution in [0.1, 0.15) is 27.0 Å². The van der Waals surface area contributed by atoms with Crippen molar-refractivity contribution in [3.8, 4) is 17.2 Å². The Morgan fingerprint density at radius 1 is 1.05 bits per heavy atom. The van der Waals surface area contributed by atoms with E-state index >= 15 is 4.39 Å². The first kappa shape index (κ1) is 28.3. The van der Waals surface area contributed by atoms with E-state index in [1.165, 1.54) is 29.3 Å². The zero-order chi connectivity index (χ0) is 30.0. The van der Waals surface area contributed by atoms with Crippen LogP contribution in [0.2, 0.25) is 0 Å². The molecular weight excluding hydrogens is 563 g/mol. The SMILES string of the molecule is COc1ccc(CN2Cc3c(Oc4ccc(NC(=O)c5cccc(C(F)(F)F)c5F)cc4F)ccnc3NC2=O)cc1. The summed E-state index contributed by atoms with van der Waals surface area (Å²) in [6.07, 6.45) is -3.61. The molecule has 0 radical (unpaired) electrons. The molecule has 2 N–H and O–H groups in total. The highest BCUT2D eigenvalue weighted by Gasteiger charge is 2.35. The Morgan fingerprint density at radius 2 is 1.81 bits per heavy atom. The molecule has 0 spiro atoms. The second-order valence-corrected chi connectivity index (χ2v) is 9.14. The van der Waals surface area contributed by atoms with Gasteiger partial charge in [-0.25, -0.2) is 18.6 Å². The summed E-state index contributed by atoms with van der Waals surface area (Å²) in [5.74, 6) is -2.97. The summed E-state index contributed by atoms with van der Waals surface area (Å²) >= 11 is 0. The molecule has 42 heavy (non-hydrogen) atoms. The monoisotopic (exact) mass is 584 g/mol. The van der Waals surface area contributed by atoms with Crippen LogP contribution in [0.15, 0.2) is 72.9 Å². The average molecular weight is 585 g/mol. The molecule has 0 fully saturated rings. The van der Waals surface area contributed by atoms with Gasteiger partial charge in [-0.1, -0.05) is 18.2 Å². The number of carbonyl (C=O) groups is 2. The number of ether oxygens (including phenoxy) is 2. The van der Waals surface area contributed by atoms with Crippen molar-refractivity contribution >= 4 is 23.4 Å². The van der Waals surface area contributed by atoms with E-state index < -0.39 is 34.8 Å². The average Bonchev–Trinajstić information content (AvgIpc) is 2.95. The maximum Gasteiger partial charge on any atom is 0.419 e. The first-order valence-electron chi connectivity index (χ1n) is 12.3. The van der Waals surface area contributed by atoms with Gasteiger partial charge in [0.05, 0.1) is 30.3 Å². The Bertz CT molecular complexity index is 1660. The molecule has 1 aromatic heterocycles. The number of hydrogen-bond donors (Lipinski definition) is 2. The normalized spacial score (nSPS) is 12.8. The van der Waals surface area contributed by atoms with Crippen LogP contribution in [0.5, 0.6) is 17.2 Å². The summed E-state index contributed by atoms with van der Waals surface area (Å²) in [5, 5.41) is 4.87. The molecule has 0 atom stereocenters. The van der Waals surface area contributed by atoms with Crippen molar-refractivity contribution in [2.24, 2.45) is 0 Å². The van der Waals surface area contributed by atoms with Crippen LogP contribution in [0, 0.1) is 11.6 Å². The molecule has 13 heteroatoms. The number of halogens is 5. The third-order valence-electron chi connectivity index (χ3n) is 6.37. The number of aromatic nitrogens is 1. The van der Waals surface area contributed by atoms with Gasteiger partial charge < -0.3 is 19.7 Å². The number of rotatable bonds is 7. The number of nitrogens with one attached hydrogen (secondary N) is 2. The first-order valence-corrected chi connectivity index (χ1v) is 12.3. The molecule has 216 valence electrons. The number of urea groups is 1. The van der Waals surface area contributed by atoms with E-state index in [0.29, 0.717) is 17.4 Å². The predicted octanol–water partition coefficient (Wildman–Crippen LogP) is 6.98. The van der Waals surface area contributed by atoms with Gasteiger partial charge in [-0.3, -0.25) is 10.1 Å². The predicted molar refractivity (Wildman–Crippen MR) is 141 cm³/mol. The smallest absolute Gasteiger partial charge is 0.419 e. The Labute approximate surface area is 235 Å². The molecule has 0 saturated carbocycles. The third kappa shape index (κ3) is 5.94. The maximum absolute atomic E-state index is 15.0. The molecule has 8 nitrogen and oxygen atoms in total. The number of nitrogens with zero attached hydrogens (tertiary/aromatic N) is 2. The van der Waals surface area contributed by atoms with Crippen molar-refractivity contribution in [1.82, 2.24) is 9.88 Å². The fraction of sp³-hybridized carbons (Fsp3) is 0.138. The van der Waals surface area contributed by atoms with E-state index in [-0.39, 0.29) is 42.1 Å². The van der Waals surface area contributed by atoms with Gasteiger partial charge in [-0.15, -0.1) is 0 Å². The van der Waals surface area contributed by atoms with Crippen LogP contribution < -0.4 is 20.1 Å². The molecule has 1 aliphatic heterocycles. The Balaban J connectivity index is 1.32. The third-order valence-corrected chi connectivity index (χ3v) is 6.37. The van der Waals surface area contributed by atoms with Crippen LogP contribution >= 0.6 is 0 Å². The van der Waals surface area contributed by atoms with Gasteiger partial charge in [0.25, 0.3) is 5.91 Å². The minimum atomic E-state index is -4.99. The zero-order valence-corrected chi connectivity index (χ0v) is 21.8. The number of hydrogen-bond acceptors (Lipinski definition) is 5. The molecule has 3 amide bonds. The summed E-state index contributed by atoms with van der Waals surface area (Å²) in [7, 11) is 1.55. The molecule has 3 aromatic carbocycles. The van der Waals surface area contributed by atoms with E-state index in [1.807, 2.05) is 12.1 Å². The number of amides is 3. The largest absolute Gasteiger partial charge is 0.497 e. The molecule has 5 rings (SSSR count). The highest BCUT2D eigenvalue weighted by atomic mass is 19.4. The van der Waals surface area contributed by atoms with Gasteiger partial charge in [-0.05, 0) is 48.0 Å². The van der Waals surface area contributed by atoms with Crippen molar-refractivity contribution in [3.63, 3.8) is 0 Å². The Kier molecular flexibility index (Phi) is 7.66. The Morgan fingerprint density at radius 3 is 2.50 bits per heavy atom. The van der Waals surface area contributed by atoms with E-state index in [2.05, 4.69) is 15.6 Å². The highest BCUT2D eigenvalue weighted by molar-refractivity contribution is 6.04. The number of benzene rings is 3. The number of pyridine rings is 1. The van der Waals surface area contributed by atoms with E-state index in [9.17, 15) is 27.2 Å². The molecular formula is C29H21F5N4O4. The van der Waals surface area contributed by atoms with E-state index in [4.69, 9.17) is 9.47 Å². The molecule has 0 unspecified atom stereocenters. The van der Waals surface area contributed by atoms with E-state index in [0.717, 1.165) is 23.8 Å². The van der Waals surface area contributed by atoms with Gasteiger partial charge in [0.1, 0.15) is 23.1 Å². The minimum absolute atomic E-state index is 0.106. The van der Waals surface area contributed by atoms with Crippen molar-refractivity contribution in [2.45, 2.75) is 19.3 Å². The zero-order valence-electron chi connectivity index (χ0n) is 21.8. The summed E-state index contributed by atoms with van der Waals surface area (Å²) in [6.45, 7) is 0.369. The maximum atomic E-state index is 15.0. The Hall–Kier alpha value is -5.20. The first-order chi connectivity index (χ1) is 20.0. The summed E-state index contributed by atoms with van der Waals surface area (Å²) in [5.41, 5.74) is -1.26. The quantitative estimate of drug-likeness (QED) is 0.229. The lowest BCUT2D eigenvalue weighted by Crippen LogP contribution is -2.38. The topological polar surface area (TPSA) is 92.8 Å². The van der Waals surface area contributed by atoms with E-state index in [1.54, 1.807) is 19.2 Å². The number of carbonyl (C=O) groups excluding carboxylic acids is 2. The molecule has 0 aliphatic carbocycles. The van der Waals surface area contributed by atoms with Crippen LogP contribution in [-0.4, -0.2) is 28.9 Å². The van der Waals surface area contributed by atoms with Gasteiger partial charge in [0, 0.05) is 24.5 Å². The lowest BCUT2D eigenvalue weighted by Gasteiger charge is -2.29. The lowest BCUT2D eigenvalue weighted by molar-refractivity contribution is -0.140. The summed E-state index contributed by atoms with van der Waals surface area (Å²) in [6, 6.07) is 13.9. The fourth-order valence-corrected chi connectivity index (χ4v) is 4.26. The van der Waals surface area contributed by atoms with Gasteiger partial charge >= 0.3 is 12.2 Å². The summed E-state index contributed by atoms with van der Waals surface area (Å²) < 4.78 is 79.3. The van der Waals surface area contributed by atoms with Crippen molar-refractivity contribution in [2.75, 3.05) is 17.7 Å². The van der Waals surface area contributed by atoms with Crippen molar-refractivity contribution in [3.05, 3.63) is 107 Å². The second kappa shape index (κ2) is 11.4. The second-order valence-electron chi connectivity index (χ2n) is 9.14. The number of alkyl halides is 3. The summed E-state index contributed by atoms with van der Waals surface area (Å²) in [4.78, 5) is 30.8. The number of fused-ring (bicyclic) bond motifs is 1. The van der Waals surface area contributed by atoms with Crippen molar-refractivity contribution < 1.29 is 41.0 Å². The number of methoxy groups -OCH3 is 1. The minimum Gasteiger partial charge on any atom is -0.497 e. The highest BCUT2D eigenvalue weighted by Crippen LogP contribution is 2.36.